The van der Waals surface area contributed by atoms with Gasteiger partial charge in [-0.15, -0.1) is 23.1 Å². The van der Waals surface area contributed by atoms with Gasteiger partial charge in [0.15, 0.2) is 0 Å². The maximum atomic E-state index is 11.0. The van der Waals surface area contributed by atoms with Crippen LogP contribution in [0.4, 0.5) is 0 Å². The van der Waals surface area contributed by atoms with Gasteiger partial charge in [0.1, 0.15) is 0 Å². The quantitative estimate of drug-likeness (QED) is 0.450. The van der Waals surface area contributed by atoms with Crippen LogP contribution in [0.25, 0.3) is 0 Å². The molecule has 0 N–H and O–H groups in total. The third kappa shape index (κ3) is 3.55. The average Bonchev–Trinajstić information content (AvgIpc) is 2.69. The Morgan fingerprint density at radius 1 is 1.71 bits per heavy atom. The van der Waals surface area contributed by atoms with Crippen LogP contribution < -0.4 is 0 Å². The number of hydrogen-bond acceptors (Lipinski definition) is 4. The van der Waals surface area contributed by atoms with E-state index in [9.17, 15) is 4.79 Å². The van der Waals surface area contributed by atoms with Gasteiger partial charge in [-0.25, -0.2) is 4.79 Å². The molecule has 14 heavy (non-hydrogen) atoms. The molecule has 0 saturated carbocycles. The van der Waals surface area contributed by atoms with Crippen molar-refractivity contribution in [2.75, 3.05) is 12.9 Å². The maximum absolute atomic E-state index is 11.0. The Kier molecular flexibility index (Phi) is 4.76. The van der Waals surface area contributed by atoms with Crippen molar-refractivity contribution in [3.05, 3.63) is 29.2 Å². The lowest BCUT2D eigenvalue weighted by molar-refractivity contribution is -0.136. The molecule has 0 radical (unpaired) electrons. The third-order valence-corrected chi connectivity index (χ3v) is 3.68. The fourth-order valence-corrected chi connectivity index (χ4v) is 2.60. The molecule has 0 saturated heterocycles. The van der Waals surface area contributed by atoms with Crippen LogP contribution >= 0.6 is 23.1 Å². The number of methoxy groups -OCH3 is 1. The first-order valence-corrected chi connectivity index (χ1v) is 6.02. The van der Waals surface area contributed by atoms with E-state index in [2.05, 4.69) is 10.8 Å². The van der Waals surface area contributed by atoms with Crippen LogP contribution in [0, 0.1) is 0 Å². The van der Waals surface area contributed by atoms with E-state index in [1.807, 2.05) is 17.5 Å². The van der Waals surface area contributed by atoms with E-state index < -0.39 is 0 Å². The zero-order chi connectivity index (χ0) is 10.4. The van der Waals surface area contributed by atoms with Gasteiger partial charge >= 0.3 is 5.97 Å². The molecule has 1 aromatic heterocycles. The Balaban J connectivity index is 2.36. The second kappa shape index (κ2) is 5.88. The number of rotatable bonds is 4. The van der Waals surface area contributed by atoms with E-state index in [1.165, 1.54) is 11.3 Å². The molecule has 0 aliphatic heterocycles. The van der Waals surface area contributed by atoms with Crippen LogP contribution in [-0.4, -0.2) is 18.8 Å². The number of thiophene rings is 1. The fraction of sp³-hybridized carbons (Fsp3) is 0.300. The van der Waals surface area contributed by atoms with Gasteiger partial charge in [-0.05, 0) is 18.4 Å². The van der Waals surface area contributed by atoms with Crippen molar-refractivity contribution < 1.29 is 9.53 Å². The van der Waals surface area contributed by atoms with Crippen LogP contribution in [0.15, 0.2) is 33.4 Å². The molecule has 1 aromatic rings. The lowest BCUT2D eigenvalue weighted by Gasteiger charge is -1.97. The second-order valence-corrected chi connectivity index (χ2v) is 4.89. The van der Waals surface area contributed by atoms with E-state index in [0.717, 1.165) is 5.75 Å². The number of thioether (sulfide) groups is 1. The number of hydrogen-bond donors (Lipinski definition) is 0. The van der Waals surface area contributed by atoms with Gasteiger partial charge in [0.2, 0.25) is 0 Å². The zero-order valence-corrected chi connectivity index (χ0v) is 9.78. The Morgan fingerprint density at radius 3 is 3.07 bits per heavy atom. The molecule has 1 heterocycles. The van der Waals surface area contributed by atoms with E-state index in [1.54, 1.807) is 30.0 Å². The van der Waals surface area contributed by atoms with E-state index >= 15 is 0 Å². The van der Waals surface area contributed by atoms with Gasteiger partial charge in [-0.3, -0.25) is 0 Å². The number of carbonyl (C=O) groups is 1. The van der Waals surface area contributed by atoms with Crippen molar-refractivity contribution in [2.24, 2.45) is 0 Å². The largest absolute Gasteiger partial charge is 0.466 e. The van der Waals surface area contributed by atoms with Crippen molar-refractivity contribution in [3.63, 3.8) is 0 Å². The second-order valence-electron chi connectivity index (χ2n) is 2.62. The molecule has 76 valence electrons. The van der Waals surface area contributed by atoms with Crippen LogP contribution in [0.2, 0.25) is 0 Å². The maximum Gasteiger partial charge on any atom is 0.333 e. The topological polar surface area (TPSA) is 26.3 Å². The van der Waals surface area contributed by atoms with Gasteiger partial charge in [0.25, 0.3) is 0 Å². The molecule has 1 rings (SSSR count). The van der Waals surface area contributed by atoms with Crippen molar-refractivity contribution in [3.8, 4) is 0 Å². The Morgan fingerprint density at radius 2 is 2.50 bits per heavy atom. The number of carbonyl (C=O) groups excluding carboxylic acids is 1. The predicted molar refractivity (Wildman–Crippen MR) is 60.8 cm³/mol. The van der Waals surface area contributed by atoms with Gasteiger partial charge < -0.3 is 4.74 Å². The summed E-state index contributed by atoms with van der Waals surface area (Å²) < 4.78 is 5.85. The lowest BCUT2D eigenvalue weighted by Crippen LogP contribution is -2.01. The summed E-state index contributed by atoms with van der Waals surface area (Å²) in [6.45, 7) is 1.76. The molecule has 0 aromatic carbocycles. The number of esters is 1. The summed E-state index contributed by atoms with van der Waals surface area (Å²) in [5, 5.41) is 2.04. The molecule has 0 unspecified atom stereocenters. The van der Waals surface area contributed by atoms with Crippen LogP contribution in [0.1, 0.15) is 6.92 Å². The highest BCUT2D eigenvalue weighted by atomic mass is 32.2. The Labute approximate surface area is 92.0 Å². The molecule has 0 amide bonds. The minimum atomic E-state index is -0.253. The molecule has 0 fully saturated rings. The SMILES string of the molecule is COC(=O)C(C)=CCSc1cccs1. The summed E-state index contributed by atoms with van der Waals surface area (Å²) in [6, 6.07) is 4.08. The minimum Gasteiger partial charge on any atom is -0.466 e. The van der Waals surface area contributed by atoms with Crippen molar-refractivity contribution >= 4 is 29.1 Å². The fourth-order valence-electron chi connectivity index (χ4n) is 0.839. The summed E-state index contributed by atoms with van der Waals surface area (Å²) in [4.78, 5) is 11.0. The van der Waals surface area contributed by atoms with Crippen molar-refractivity contribution in [1.29, 1.82) is 0 Å². The van der Waals surface area contributed by atoms with Crippen molar-refractivity contribution in [1.82, 2.24) is 0 Å². The normalized spacial score (nSPS) is 11.4. The molecule has 0 bridgehead atoms. The first-order valence-electron chi connectivity index (χ1n) is 4.15. The molecule has 4 heteroatoms. The lowest BCUT2D eigenvalue weighted by atomic mass is 10.3. The van der Waals surface area contributed by atoms with Crippen LogP contribution in [0.5, 0.6) is 0 Å². The van der Waals surface area contributed by atoms with Gasteiger partial charge in [0, 0.05) is 11.3 Å². The molecule has 0 aliphatic carbocycles. The van der Waals surface area contributed by atoms with E-state index in [4.69, 9.17) is 0 Å². The zero-order valence-electron chi connectivity index (χ0n) is 8.15. The Hall–Kier alpha value is -0.740. The Bertz CT molecular complexity index is 315. The summed E-state index contributed by atoms with van der Waals surface area (Å²) in [6.07, 6.45) is 1.89. The van der Waals surface area contributed by atoms with Gasteiger partial charge in [-0.1, -0.05) is 12.1 Å². The van der Waals surface area contributed by atoms with Gasteiger partial charge in [0.05, 0.1) is 11.3 Å². The third-order valence-electron chi connectivity index (χ3n) is 1.62. The monoisotopic (exact) mass is 228 g/mol. The summed E-state index contributed by atoms with van der Waals surface area (Å²) in [5.74, 6) is 0.554. The van der Waals surface area contributed by atoms with E-state index in [-0.39, 0.29) is 5.97 Å². The highest BCUT2D eigenvalue weighted by Gasteiger charge is 2.01. The summed E-state index contributed by atoms with van der Waals surface area (Å²) in [5.41, 5.74) is 0.663. The minimum absolute atomic E-state index is 0.253. The van der Waals surface area contributed by atoms with Crippen LogP contribution in [-0.2, 0) is 9.53 Å². The smallest absolute Gasteiger partial charge is 0.333 e. The van der Waals surface area contributed by atoms with Gasteiger partial charge in [-0.2, -0.15) is 0 Å². The molecule has 0 aliphatic rings. The number of ether oxygens (including phenoxy) is 1. The highest BCUT2D eigenvalue weighted by Crippen LogP contribution is 2.23. The first kappa shape index (κ1) is 11.3. The first-order chi connectivity index (χ1) is 6.74. The average molecular weight is 228 g/mol. The standard InChI is InChI=1S/C10H12O2S2/c1-8(10(11)12-2)5-7-14-9-4-3-6-13-9/h3-6H,7H2,1-2H3. The highest BCUT2D eigenvalue weighted by molar-refractivity contribution is 8.01. The summed E-state index contributed by atoms with van der Waals surface area (Å²) in [7, 11) is 1.39. The summed E-state index contributed by atoms with van der Waals surface area (Å²) >= 11 is 3.42. The molecular weight excluding hydrogens is 216 g/mol. The molecular formula is C10H12O2S2. The van der Waals surface area contributed by atoms with Crippen LogP contribution in [0.3, 0.4) is 0 Å². The van der Waals surface area contributed by atoms with E-state index in [0.29, 0.717) is 5.57 Å². The predicted octanol–water partition coefficient (Wildman–Crippen LogP) is 2.96. The molecule has 0 atom stereocenters. The molecule has 0 spiro atoms. The molecule has 2 nitrogen and oxygen atoms in total. The van der Waals surface area contributed by atoms with Crippen molar-refractivity contribution in [2.45, 2.75) is 11.1 Å².